The number of anilines is 2. The first-order valence-electron chi connectivity index (χ1n) is 9.14. The molecule has 2 aromatic rings. The van der Waals surface area contributed by atoms with E-state index >= 15 is 0 Å². The third-order valence-corrected chi connectivity index (χ3v) is 5.01. The van der Waals surface area contributed by atoms with Gasteiger partial charge in [0.1, 0.15) is 0 Å². The van der Waals surface area contributed by atoms with Gasteiger partial charge >= 0.3 is 0 Å². The van der Waals surface area contributed by atoms with Crippen molar-refractivity contribution in [3.05, 3.63) is 57.5 Å². The van der Waals surface area contributed by atoms with Crippen molar-refractivity contribution in [2.24, 2.45) is 0 Å². The Morgan fingerprint density at radius 1 is 0.667 bits per heavy atom. The van der Waals surface area contributed by atoms with E-state index in [4.69, 9.17) is 0 Å². The van der Waals surface area contributed by atoms with E-state index < -0.39 is 0 Å². The minimum atomic E-state index is 0.0431. The van der Waals surface area contributed by atoms with Crippen molar-refractivity contribution < 1.29 is 9.59 Å². The molecule has 0 saturated carbocycles. The molecule has 0 radical (unpaired) electrons. The summed E-state index contributed by atoms with van der Waals surface area (Å²) in [7, 11) is 0. The smallest absolute Gasteiger partial charge is 0.224 e. The number of hydrogen-bond acceptors (Lipinski definition) is 2. The van der Waals surface area contributed by atoms with Crippen LogP contribution in [0.3, 0.4) is 0 Å². The largest absolute Gasteiger partial charge is 0.326 e. The number of carbonyl (C=O) groups is 2. The molecular weight excluding hydrogens is 472 g/mol. The molecule has 0 bridgehead atoms. The minimum absolute atomic E-state index is 0.0431. The average molecular weight is 496 g/mol. The van der Waals surface area contributed by atoms with Gasteiger partial charge in [0.25, 0.3) is 0 Å². The second-order valence-corrected chi connectivity index (χ2v) is 8.22. The molecule has 0 aliphatic carbocycles. The van der Waals surface area contributed by atoms with E-state index in [2.05, 4.69) is 42.5 Å². The lowest BCUT2D eigenvalue weighted by atomic mass is 10.1. The molecule has 2 rings (SSSR count). The second kappa shape index (κ2) is 11.9. The van der Waals surface area contributed by atoms with Gasteiger partial charge in [0.05, 0.1) is 0 Å². The van der Waals surface area contributed by atoms with E-state index in [1.807, 2.05) is 48.5 Å². The van der Waals surface area contributed by atoms with Crippen LogP contribution in [0.25, 0.3) is 0 Å². The average Bonchev–Trinajstić information content (AvgIpc) is 2.61. The van der Waals surface area contributed by atoms with Crippen LogP contribution in [0.15, 0.2) is 57.5 Å². The van der Waals surface area contributed by atoms with Gasteiger partial charge < -0.3 is 10.6 Å². The van der Waals surface area contributed by atoms with Gasteiger partial charge in [-0.2, -0.15) is 0 Å². The van der Waals surface area contributed by atoms with Gasteiger partial charge in [-0.3, -0.25) is 9.59 Å². The normalized spacial score (nSPS) is 10.4. The molecule has 2 amide bonds. The molecule has 0 heterocycles. The fourth-order valence-electron chi connectivity index (χ4n) is 2.68. The van der Waals surface area contributed by atoms with Gasteiger partial charge in [0.15, 0.2) is 0 Å². The van der Waals surface area contributed by atoms with Crippen molar-refractivity contribution in [1.82, 2.24) is 0 Å². The molecule has 6 heteroatoms. The van der Waals surface area contributed by atoms with Crippen molar-refractivity contribution in [2.45, 2.75) is 44.9 Å². The lowest BCUT2D eigenvalue weighted by Gasteiger charge is -2.06. The predicted octanol–water partition coefficient (Wildman–Crippen LogP) is 6.52. The molecule has 4 nitrogen and oxygen atoms in total. The molecule has 0 aromatic heterocycles. The number of halogens is 2. The van der Waals surface area contributed by atoms with Gasteiger partial charge in [-0.25, -0.2) is 0 Å². The van der Waals surface area contributed by atoms with E-state index in [1.54, 1.807) is 0 Å². The fraction of sp³-hybridized carbons (Fsp3) is 0.333. The first kappa shape index (κ1) is 21.6. The maximum absolute atomic E-state index is 11.9. The third-order valence-electron chi connectivity index (χ3n) is 4.02. The topological polar surface area (TPSA) is 58.2 Å². The zero-order chi connectivity index (χ0) is 19.5. The Bertz CT molecular complexity index is 702. The molecule has 2 N–H and O–H groups in total. The Balaban J connectivity index is 1.50. The first-order valence-corrected chi connectivity index (χ1v) is 10.7. The molecular formula is C21H24Br2N2O2. The lowest BCUT2D eigenvalue weighted by molar-refractivity contribution is -0.117. The zero-order valence-electron chi connectivity index (χ0n) is 15.1. The summed E-state index contributed by atoms with van der Waals surface area (Å²) < 4.78 is 1.90. The molecule has 0 aliphatic heterocycles. The quantitative estimate of drug-likeness (QED) is 0.368. The monoisotopic (exact) mass is 494 g/mol. The number of rotatable bonds is 10. The van der Waals surface area contributed by atoms with Crippen LogP contribution in [-0.4, -0.2) is 11.8 Å². The third kappa shape index (κ3) is 9.20. The van der Waals surface area contributed by atoms with E-state index in [1.165, 1.54) is 0 Å². The molecule has 0 aliphatic rings. The highest BCUT2D eigenvalue weighted by atomic mass is 79.9. The molecule has 0 spiro atoms. The Morgan fingerprint density at radius 2 is 1.07 bits per heavy atom. The summed E-state index contributed by atoms with van der Waals surface area (Å²) in [5.41, 5.74) is 1.62. The maximum Gasteiger partial charge on any atom is 0.224 e. The molecule has 0 fully saturated rings. The maximum atomic E-state index is 11.9. The van der Waals surface area contributed by atoms with Gasteiger partial charge in [-0.1, -0.05) is 63.3 Å². The van der Waals surface area contributed by atoms with Crippen molar-refractivity contribution in [3.63, 3.8) is 0 Å². The van der Waals surface area contributed by atoms with Crippen molar-refractivity contribution in [2.75, 3.05) is 10.6 Å². The fourth-order valence-corrected chi connectivity index (χ4v) is 3.48. The summed E-state index contributed by atoms with van der Waals surface area (Å²) in [6, 6.07) is 15.2. The van der Waals surface area contributed by atoms with Crippen LogP contribution in [0, 0.1) is 0 Å². The second-order valence-electron chi connectivity index (χ2n) is 6.38. The lowest BCUT2D eigenvalue weighted by Crippen LogP contribution is -2.11. The number of carbonyl (C=O) groups excluding carboxylic acids is 2. The molecule has 0 atom stereocenters. The standard InChI is InChI=1S/C21H24Br2N2O2/c22-16-8-6-10-18(14-16)24-20(26)12-4-2-1-3-5-13-21(27)25-19-11-7-9-17(23)15-19/h6-11,14-15H,1-5,12-13H2,(H,24,26)(H,25,27). The Kier molecular flexibility index (Phi) is 9.56. The predicted molar refractivity (Wildman–Crippen MR) is 118 cm³/mol. The molecule has 0 unspecified atom stereocenters. The van der Waals surface area contributed by atoms with Crippen LogP contribution in [0.4, 0.5) is 11.4 Å². The van der Waals surface area contributed by atoms with E-state index in [0.29, 0.717) is 12.8 Å². The minimum Gasteiger partial charge on any atom is -0.326 e. The highest BCUT2D eigenvalue weighted by Gasteiger charge is 2.04. The van der Waals surface area contributed by atoms with Crippen molar-refractivity contribution in [1.29, 1.82) is 0 Å². The number of hydrogen-bond donors (Lipinski definition) is 2. The zero-order valence-corrected chi connectivity index (χ0v) is 18.3. The number of amides is 2. The highest BCUT2D eigenvalue weighted by Crippen LogP contribution is 2.17. The molecule has 144 valence electrons. The number of benzene rings is 2. The van der Waals surface area contributed by atoms with Gasteiger partial charge in [-0.15, -0.1) is 0 Å². The Morgan fingerprint density at radius 3 is 1.48 bits per heavy atom. The van der Waals surface area contributed by atoms with Crippen LogP contribution in [0.5, 0.6) is 0 Å². The molecule has 0 saturated heterocycles. The number of nitrogens with one attached hydrogen (secondary N) is 2. The summed E-state index contributed by atoms with van der Waals surface area (Å²) in [4.78, 5) is 23.8. The molecule has 27 heavy (non-hydrogen) atoms. The number of unbranched alkanes of at least 4 members (excludes halogenated alkanes) is 4. The summed E-state index contributed by atoms with van der Waals surface area (Å²) >= 11 is 6.78. The van der Waals surface area contributed by atoms with Crippen LogP contribution in [-0.2, 0) is 9.59 Å². The van der Waals surface area contributed by atoms with E-state index in [9.17, 15) is 9.59 Å². The van der Waals surface area contributed by atoms with E-state index in [-0.39, 0.29) is 11.8 Å². The van der Waals surface area contributed by atoms with E-state index in [0.717, 1.165) is 52.4 Å². The Labute approximate surface area is 177 Å². The summed E-state index contributed by atoms with van der Waals surface area (Å²) in [6.07, 6.45) is 5.81. The summed E-state index contributed by atoms with van der Waals surface area (Å²) in [5, 5.41) is 5.80. The van der Waals surface area contributed by atoms with Gasteiger partial charge in [-0.05, 0) is 49.2 Å². The van der Waals surface area contributed by atoms with Crippen LogP contribution >= 0.6 is 31.9 Å². The van der Waals surface area contributed by atoms with Crippen molar-refractivity contribution >= 4 is 55.0 Å². The van der Waals surface area contributed by atoms with Gasteiger partial charge in [0, 0.05) is 33.2 Å². The van der Waals surface area contributed by atoms with Crippen LogP contribution in [0.1, 0.15) is 44.9 Å². The SMILES string of the molecule is O=C(CCCCCCCC(=O)Nc1cccc(Br)c1)Nc1cccc(Br)c1. The van der Waals surface area contributed by atoms with Crippen LogP contribution < -0.4 is 10.6 Å². The molecule has 2 aromatic carbocycles. The Hall–Kier alpha value is -1.66. The first-order chi connectivity index (χ1) is 13.0. The summed E-state index contributed by atoms with van der Waals surface area (Å²) in [5.74, 6) is 0.0861. The summed E-state index contributed by atoms with van der Waals surface area (Å²) in [6.45, 7) is 0. The highest BCUT2D eigenvalue weighted by molar-refractivity contribution is 9.10. The van der Waals surface area contributed by atoms with Crippen molar-refractivity contribution in [3.8, 4) is 0 Å². The van der Waals surface area contributed by atoms with Gasteiger partial charge in [0.2, 0.25) is 11.8 Å². The van der Waals surface area contributed by atoms with Crippen LogP contribution in [0.2, 0.25) is 0 Å².